The van der Waals surface area contributed by atoms with Crippen molar-refractivity contribution in [2.45, 2.75) is 44.9 Å². The maximum absolute atomic E-state index is 12.8. The molecule has 0 spiro atoms. The highest BCUT2D eigenvalue weighted by Gasteiger charge is 2.25. The highest BCUT2D eigenvalue weighted by atomic mass is 16.6. The topological polar surface area (TPSA) is 70.8 Å². The monoisotopic (exact) mass is 472 g/mol. The van der Waals surface area contributed by atoms with Crippen molar-refractivity contribution >= 4 is 17.5 Å². The molecule has 1 aliphatic rings. The van der Waals surface area contributed by atoms with Gasteiger partial charge in [-0.3, -0.25) is 4.90 Å². The molecule has 3 aromatic carbocycles. The Bertz CT molecular complexity index is 1010. The number of likely N-dealkylation sites (tertiary alicyclic amines) is 1. The number of anilines is 2. The van der Waals surface area contributed by atoms with Crippen LogP contribution in [0.2, 0.25) is 0 Å². The summed E-state index contributed by atoms with van der Waals surface area (Å²) in [6, 6.07) is 29.0. The summed E-state index contributed by atoms with van der Waals surface area (Å²) in [5, 5.41) is 3.51. The number of ether oxygens (including phenoxy) is 1. The molecule has 0 radical (unpaired) electrons. The van der Waals surface area contributed by atoms with Crippen molar-refractivity contribution in [2.24, 2.45) is 0 Å². The van der Waals surface area contributed by atoms with Crippen LogP contribution in [0, 0.1) is 0 Å². The van der Waals surface area contributed by atoms with Crippen molar-refractivity contribution < 1.29 is 9.53 Å². The van der Waals surface area contributed by atoms with Gasteiger partial charge in [-0.25, -0.2) is 4.79 Å². The first-order valence-electron chi connectivity index (χ1n) is 12.4. The number of piperidine rings is 1. The van der Waals surface area contributed by atoms with E-state index in [9.17, 15) is 4.79 Å². The summed E-state index contributed by atoms with van der Waals surface area (Å²) in [4.78, 5) is 17.0. The third kappa shape index (κ3) is 7.23. The van der Waals surface area contributed by atoms with Crippen molar-refractivity contribution in [3.63, 3.8) is 0 Å². The molecule has 0 bridgehead atoms. The van der Waals surface area contributed by atoms with Gasteiger partial charge in [0.25, 0.3) is 0 Å². The lowest BCUT2D eigenvalue weighted by molar-refractivity contribution is 0.0595. The molecule has 6 heteroatoms. The van der Waals surface area contributed by atoms with Crippen LogP contribution in [0.3, 0.4) is 0 Å². The molecule has 3 aromatic rings. The number of para-hydroxylation sites is 2. The van der Waals surface area contributed by atoms with Gasteiger partial charge in [0.05, 0.1) is 11.4 Å². The lowest BCUT2D eigenvalue weighted by atomic mass is 10.0. The number of nitrogens with one attached hydrogen (secondary N) is 1. The van der Waals surface area contributed by atoms with Crippen molar-refractivity contribution in [1.29, 1.82) is 0 Å². The van der Waals surface area contributed by atoms with Crippen LogP contribution >= 0.6 is 0 Å². The smallest absolute Gasteiger partial charge is 0.409 e. The van der Waals surface area contributed by atoms with E-state index in [1.165, 1.54) is 11.1 Å². The molecule has 3 N–H and O–H groups in total. The van der Waals surface area contributed by atoms with Crippen molar-refractivity contribution in [2.75, 3.05) is 30.7 Å². The standard InChI is InChI=1S/C29H36N4O2/c1-23(33(20-24-10-4-2-5-11-24)21-25-12-6-3-7-13-25)22-35-29(34)32-18-16-26(17-19-32)31-28-15-9-8-14-27(28)30/h2-15,23,26,31H,16-22,30H2,1H3/t23-/m0/s1. The van der Waals surface area contributed by atoms with Gasteiger partial charge in [0.15, 0.2) is 0 Å². The maximum atomic E-state index is 12.8. The van der Waals surface area contributed by atoms with E-state index in [1.54, 1.807) is 0 Å². The van der Waals surface area contributed by atoms with Crippen molar-refractivity contribution in [1.82, 2.24) is 9.80 Å². The van der Waals surface area contributed by atoms with E-state index in [0.717, 1.165) is 37.3 Å². The summed E-state index contributed by atoms with van der Waals surface area (Å²) in [6.07, 6.45) is 1.51. The molecule has 0 aromatic heterocycles. The minimum Gasteiger partial charge on any atom is -0.448 e. The van der Waals surface area contributed by atoms with Gasteiger partial charge in [0, 0.05) is 38.3 Å². The number of carbonyl (C=O) groups excluding carboxylic acids is 1. The van der Waals surface area contributed by atoms with Gasteiger partial charge in [-0.1, -0.05) is 72.8 Å². The van der Waals surface area contributed by atoms with Crippen molar-refractivity contribution in [3.8, 4) is 0 Å². The van der Waals surface area contributed by atoms with Gasteiger partial charge < -0.3 is 20.7 Å². The molecule has 0 aliphatic carbocycles. The summed E-state index contributed by atoms with van der Waals surface area (Å²) >= 11 is 0. The lowest BCUT2D eigenvalue weighted by Crippen LogP contribution is -2.44. The number of hydrogen-bond donors (Lipinski definition) is 2. The predicted molar refractivity (Wildman–Crippen MR) is 142 cm³/mol. The fraction of sp³-hybridized carbons (Fsp3) is 0.345. The number of amides is 1. The van der Waals surface area contributed by atoms with Crippen LogP contribution < -0.4 is 11.1 Å². The number of nitrogen functional groups attached to an aromatic ring is 1. The molecule has 1 atom stereocenters. The third-order valence-corrected chi connectivity index (χ3v) is 6.60. The summed E-state index contributed by atoms with van der Waals surface area (Å²) in [6.45, 7) is 5.43. The quantitative estimate of drug-likeness (QED) is 0.410. The highest BCUT2D eigenvalue weighted by Crippen LogP contribution is 2.22. The molecule has 1 saturated heterocycles. The summed E-state index contributed by atoms with van der Waals surface area (Å²) < 4.78 is 5.78. The zero-order chi connectivity index (χ0) is 24.5. The largest absolute Gasteiger partial charge is 0.448 e. The second-order valence-electron chi connectivity index (χ2n) is 9.30. The second-order valence-corrected chi connectivity index (χ2v) is 9.30. The molecule has 0 unspecified atom stereocenters. The number of nitrogens with two attached hydrogens (primary N) is 1. The molecular formula is C29H36N4O2. The van der Waals surface area contributed by atoms with E-state index < -0.39 is 0 Å². The Morgan fingerprint density at radius 1 is 0.943 bits per heavy atom. The molecule has 0 saturated carbocycles. The fourth-order valence-corrected chi connectivity index (χ4v) is 4.45. The van der Waals surface area contributed by atoms with E-state index in [-0.39, 0.29) is 12.1 Å². The van der Waals surface area contributed by atoms with Crippen LogP contribution in [-0.4, -0.2) is 47.7 Å². The number of benzene rings is 3. The van der Waals surface area contributed by atoms with E-state index in [1.807, 2.05) is 41.3 Å². The molecule has 1 fully saturated rings. The molecule has 184 valence electrons. The van der Waals surface area contributed by atoms with Crippen LogP contribution in [0.15, 0.2) is 84.9 Å². The average Bonchev–Trinajstić information content (AvgIpc) is 2.90. The Morgan fingerprint density at radius 3 is 2.06 bits per heavy atom. The van der Waals surface area contributed by atoms with E-state index in [4.69, 9.17) is 10.5 Å². The van der Waals surface area contributed by atoms with Gasteiger partial charge in [0.1, 0.15) is 6.61 Å². The van der Waals surface area contributed by atoms with Gasteiger partial charge in [-0.05, 0) is 43.0 Å². The molecule has 1 amide bonds. The van der Waals surface area contributed by atoms with E-state index in [0.29, 0.717) is 25.7 Å². The Balaban J connectivity index is 1.28. The van der Waals surface area contributed by atoms with E-state index >= 15 is 0 Å². The minimum absolute atomic E-state index is 0.0830. The van der Waals surface area contributed by atoms with Gasteiger partial charge in [-0.2, -0.15) is 0 Å². The number of hydrogen-bond acceptors (Lipinski definition) is 5. The van der Waals surface area contributed by atoms with Crippen LogP contribution in [-0.2, 0) is 17.8 Å². The highest BCUT2D eigenvalue weighted by molar-refractivity contribution is 5.68. The maximum Gasteiger partial charge on any atom is 0.409 e. The minimum atomic E-state index is -0.228. The van der Waals surface area contributed by atoms with Gasteiger partial charge in [-0.15, -0.1) is 0 Å². The van der Waals surface area contributed by atoms with Crippen LogP contribution in [0.1, 0.15) is 30.9 Å². The van der Waals surface area contributed by atoms with Crippen molar-refractivity contribution in [3.05, 3.63) is 96.1 Å². The zero-order valence-corrected chi connectivity index (χ0v) is 20.5. The van der Waals surface area contributed by atoms with Gasteiger partial charge in [0.2, 0.25) is 0 Å². The molecule has 35 heavy (non-hydrogen) atoms. The molecular weight excluding hydrogens is 436 g/mol. The molecule has 4 rings (SSSR count). The molecule has 1 heterocycles. The first kappa shape index (κ1) is 24.6. The van der Waals surface area contributed by atoms with E-state index in [2.05, 4.69) is 65.7 Å². The Hall–Kier alpha value is -3.51. The summed E-state index contributed by atoms with van der Waals surface area (Å²) in [7, 11) is 0. The Labute approximate surface area is 208 Å². The number of rotatable bonds is 9. The average molecular weight is 473 g/mol. The lowest BCUT2D eigenvalue weighted by Gasteiger charge is -2.33. The number of carbonyl (C=O) groups is 1. The van der Waals surface area contributed by atoms with Crippen LogP contribution in [0.4, 0.5) is 16.2 Å². The first-order valence-corrected chi connectivity index (χ1v) is 12.4. The number of nitrogens with zero attached hydrogens (tertiary/aromatic N) is 2. The van der Waals surface area contributed by atoms with Crippen LogP contribution in [0.5, 0.6) is 0 Å². The fourth-order valence-electron chi connectivity index (χ4n) is 4.45. The molecule has 1 aliphatic heterocycles. The second kappa shape index (κ2) is 12.3. The third-order valence-electron chi connectivity index (χ3n) is 6.60. The summed E-state index contributed by atoms with van der Waals surface area (Å²) in [5.74, 6) is 0. The van der Waals surface area contributed by atoms with Crippen LogP contribution in [0.25, 0.3) is 0 Å². The molecule has 6 nitrogen and oxygen atoms in total. The predicted octanol–water partition coefficient (Wildman–Crippen LogP) is 5.37. The normalized spacial score (nSPS) is 15.1. The Kier molecular flexibility index (Phi) is 8.63. The zero-order valence-electron chi connectivity index (χ0n) is 20.5. The van der Waals surface area contributed by atoms with Gasteiger partial charge >= 0.3 is 6.09 Å². The Morgan fingerprint density at radius 2 is 1.49 bits per heavy atom. The first-order chi connectivity index (χ1) is 17.1. The SMILES string of the molecule is C[C@@H](COC(=O)N1CCC(Nc2ccccc2N)CC1)N(Cc1ccccc1)Cc1ccccc1. The summed E-state index contributed by atoms with van der Waals surface area (Å²) in [5.41, 5.74) is 10.2.